The molecule has 0 unspecified atom stereocenters. The van der Waals surface area contributed by atoms with Gasteiger partial charge in [-0.2, -0.15) is 13.2 Å². The fourth-order valence-electron chi connectivity index (χ4n) is 4.25. The Morgan fingerprint density at radius 2 is 1.77 bits per heavy atom. The molecule has 1 aliphatic rings. The van der Waals surface area contributed by atoms with Gasteiger partial charge in [-0.1, -0.05) is 43.2 Å². The van der Waals surface area contributed by atoms with Crippen molar-refractivity contribution in [2.24, 2.45) is 5.92 Å². The molecule has 1 saturated carbocycles. The van der Waals surface area contributed by atoms with Gasteiger partial charge in [-0.15, -0.1) is 0 Å². The lowest BCUT2D eigenvalue weighted by Crippen LogP contribution is -2.07. The fourth-order valence-corrected chi connectivity index (χ4v) is 4.25. The van der Waals surface area contributed by atoms with Crippen molar-refractivity contribution >= 4 is 10.9 Å². The van der Waals surface area contributed by atoms with Gasteiger partial charge < -0.3 is 4.57 Å². The molecule has 136 valence electrons. The summed E-state index contributed by atoms with van der Waals surface area (Å²) in [6, 6.07) is 11.5. The summed E-state index contributed by atoms with van der Waals surface area (Å²) in [6.07, 6.45) is 2.85. The van der Waals surface area contributed by atoms with Crippen molar-refractivity contribution in [3.05, 3.63) is 59.8 Å². The van der Waals surface area contributed by atoms with Crippen LogP contribution in [0.3, 0.4) is 0 Å². The molecule has 0 spiro atoms. The molecule has 0 amide bonds. The highest BCUT2D eigenvalue weighted by molar-refractivity contribution is 5.88. The molecule has 0 bridgehead atoms. The van der Waals surface area contributed by atoms with E-state index in [0.717, 1.165) is 23.5 Å². The van der Waals surface area contributed by atoms with E-state index in [1.807, 2.05) is 12.1 Å². The van der Waals surface area contributed by atoms with Crippen LogP contribution >= 0.6 is 0 Å². The Balaban J connectivity index is 1.81. The van der Waals surface area contributed by atoms with E-state index >= 15 is 0 Å². The fraction of sp³-hybridized carbons (Fsp3) is 0.364. The number of aromatic nitrogens is 1. The Hall–Kier alpha value is -2.23. The molecule has 2 aromatic carbocycles. The van der Waals surface area contributed by atoms with Crippen LogP contribution in [-0.4, -0.2) is 4.57 Å². The van der Waals surface area contributed by atoms with Crippen LogP contribution in [0.1, 0.15) is 36.8 Å². The molecule has 0 N–H and O–H groups in total. The Kier molecular flexibility index (Phi) is 4.29. The van der Waals surface area contributed by atoms with Crippen molar-refractivity contribution in [1.29, 1.82) is 0 Å². The molecule has 0 radical (unpaired) electrons. The standard InChI is InChI=1S/C22H22F3N/c1-15-13-26(14-16-6-2-3-7-16)21-12-17(10-11-18(15)21)19-8-4-5-9-20(19)22(23,24)25/h4-5,8-13,16H,2-3,6-7,14H2,1H3. The van der Waals surface area contributed by atoms with Gasteiger partial charge in [-0.05, 0) is 54.5 Å². The smallest absolute Gasteiger partial charge is 0.347 e. The molecule has 1 nitrogen and oxygen atoms in total. The van der Waals surface area contributed by atoms with Crippen LogP contribution in [0.2, 0.25) is 0 Å². The van der Waals surface area contributed by atoms with E-state index in [-0.39, 0.29) is 5.56 Å². The number of rotatable bonds is 3. The average Bonchev–Trinajstić information content (AvgIpc) is 3.23. The molecule has 4 rings (SSSR count). The quantitative estimate of drug-likeness (QED) is 0.484. The van der Waals surface area contributed by atoms with Crippen LogP contribution in [0, 0.1) is 12.8 Å². The number of benzene rings is 2. The third-order valence-corrected chi connectivity index (χ3v) is 5.55. The van der Waals surface area contributed by atoms with E-state index in [1.165, 1.54) is 37.3 Å². The first-order chi connectivity index (χ1) is 12.4. The summed E-state index contributed by atoms with van der Waals surface area (Å²) in [5.74, 6) is 0.677. The normalized spacial score (nSPS) is 15.8. The molecule has 1 heterocycles. The average molecular weight is 357 g/mol. The van der Waals surface area contributed by atoms with Gasteiger partial charge in [0.1, 0.15) is 0 Å². The van der Waals surface area contributed by atoms with Gasteiger partial charge in [0.2, 0.25) is 0 Å². The lowest BCUT2D eigenvalue weighted by Gasteiger charge is -2.14. The van der Waals surface area contributed by atoms with Gasteiger partial charge in [0.15, 0.2) is 0 Å². The summed E-state index contributed by atoms with van der Waals surface area (Å²) in [4.78, 5) is 0. The number of hydrogen-bond donors (Lipinski definition) is 0. The predicted octanol–water partition coefficient (Wildman–Crippen LogP) is 6.83. The summed E-state index contributed by atoms with van der Waals surface area (Å²) >= 11 is 0. The number of aryl methyl sites for hydroxylation is 1. The molecular formula is C22H22F3N. The van der Waals surface area contributed by atoms with Gasteiger partial charge in [0.25, 0.3) is 0 Å². The number of hydrogen-bond acceptors (Lipinski definition) is 0. The number of halogens is 3. The molecule has 0 aliphatic heterocycles. The third kappa shape index (κ3) is 3.13. The monoisotopic (exact) mass is 357 g/mol. The molecule has 0 atom stereocenters. The van der Waals surface area contributed by atoms with Gasteiger partial charge in [-0.3, -0.25) is 0 Å². The molecule has 1 fully saturated rings. The van der Waals surface area contributed by atoms with Crippen molar-refractivity contribution in [2.75, 3.05) is 0 Å². The van der Waals surface area contributed by atoms with Crippen LogP contribution in [0.15, 0.2) is 48.7 Å². The first kappa shape index (κ1) is 17.2. The first-order valence-corrected chi connectivity index (χ1v) is 9.19. The molecule has 26 heavy (non-hydrogen) atoms. The molecular weight excluding hydrogens is 335 g/mol. The second kappa shape index (κ2) is 6.49. The van der Waals surface area contributed by atoms with Crippen molar-refractivity contribution in [3.63, 3.8) is 0 Å². The summed E-state index contributed by atoms with van der Waals surface area (Å²) < 4.78 is 42.4. The zero-order valence-electron chi connectivity index (χ0n) is 14.8. The first-order valence-electron chi connectivity index (χ1n) is 9.19. The van der Waals surface area contributed by atoms with Crippen LogP contribution in [0.5, 0.6) is 0 Å². The van der Waals surface area contributed by atoms with Crippen molar-refractivity contribution in [3.8, 4) is 11.1 Å². The second-order valence-corrected chi connectivity index (χ2v) is 7.39. The van der Waals surface area contributed by atoms with E-state index in [2.05, 4.69) is 17.7 Å². The minimum Gasteiger partial charge on any atom is -0.347 e. The highest BCUT2D eigenvalue weighted by Gasteiger charge is 2.33. The van der Waals surface area contributed by atoms with E-state index in [0.29, 0.717) is 11.5 Å². The van der Waals surface area contributed by atoms with E-state index < -0.39 is 11.7 Å². The highest BCUT2D eigenvalue weighted by atomic mass is 19.4. The van der Waals surface area contributed by atoms with E-state index in [4.69, 9.17) is 0 Å². The molecule has 1 aromatic heterocycles. The molecule has 3 aromatic rings. The summed E-state index contributed by atoms with van der Waals surface area (Å²) in [7, 11) is 0. The van der Waals surface area contributed by atoms with Crippen LogP contribution in [0.4, 0.5) is 13.2 Å². The van der Waals surface area contributed by atoms with Gasteiger partial charge in [0.05, 0.1) is 5.56 Å². The van der Waals surface area contributed by atoms with Crippen molar-refractivity contribution in [2.45, 2.75) is 45.3 Å². The van der Waals surface area contributed by atoms with Gasteiger partial charge in [-0.25, -0.2) is 0 Å². The largest absolute Gasteiger partial charge is 0.417 e. The zero-order valence-corrected chi connectivity index (χ0v) is 14.8. The van der Waals surface area contributed by atoms with Crippen LogP contribution in [-0.2, 0) is 12.7 Å². The Morgan fingerprint density at radius 1 is 1.04 bits per heavy atom. The van der Waals surface area contributed by atoms with Crippen LogP contribution < -0.4 is 0 Å². The van der Waals surface area contributed by atoms with Crippen LogP contribution in [0.25, 0.3) is 22.0 Å². The molecule has 4 heteroatoms. The highest BCUT2D eigenvalue weighted by Crippen LogP contribution is 2.38. The number of alkyl halides is 3. The summed E-state index contributed by atoms with van der Waals surface area (Å²) in [6.45, 7) is 3.02. The minimum absolute atomic E-state index is 0.244. The predicted molar refractivity (Wildman–Crippen MR) is 99.1 cm³/mol. The maximum absolute atomic E-state index is 13.4. The lowest BCUT2D eigenvalue weighted by molar-refractivity contribution is -0.137. The van der Waals surface area contributed by atoms with Gasteiger partial charge >= 0.3 is 6.18 Å². The van der Waals surface area contributed by atoms with Gasteiger partial charge in [0, 0.05) is 23.6 Å². The maximum Gasteiger partial charge on any atom is 0.417 e. The Morgan fingerprint density at radius 3 is 2.50 bits per heavy atom. The zero-order chi connectivity index (χ0) is 18.3. The van der Waals surface area contributed by atoms with Crippen molar-refractivity contribution < 1.29 is 13.2 Å². The topological polar surface area (TPSA) is 4.93 Å². The Labute approximate surface area is 151 Å². The lowest BCUT2D eigenvalue weighted by atomic mass is 9.98. The summed E-state index contributed by atoms with van der Waals surface area (Å²) in [5, 5.41) is 1.12. The maximum atomic E-state index is 13.4. The Bertz CT molecular complexity index is 930. The number of fused-ring (bicyclic) bond motifs is 1. The third-order valence-electron chi connectivity index (χ3n) is 5.55. The van der Waals surface area contributed by atoms with Crippen molar-refractivity contribution in [1.82, 2.24) is 4.57 Å². The number of nitrogens with zero attached hydrogens (tertiary/aromatic N) is 1. The van der Waals surface area contributed by atoms with E-state index in [9.17, 15) is 13.2 Å². The minimum atomic E-state index is -4.35. The second-order valence-electron chi connectivity index (χ2n) is 7.39. The SMILES string of the molecule is Cc1cn(CC2CCCC2)c2cc(-c3ccccc3C(F)(F)F)ccc12. The summed E-state index contributed by atoms with van der Waals surface area (Å²) in [5.41, 5.74) is 2.49. The molecule has 1 aliphatic carbocycles. The van der Waals surface area contributed by atoms with E-state index in [1.54, 1.807) is 18.2 Å². The molecule has 0 saturated heterocycles.